The third-order valence-electron chi connectivity index (χ3n) is 3.25. The zero-order chi connectivity index (χ0) is 13.3. The van der Waals surface area contributed by atoms with E-state index in [-0.39, 0.29) is 4.83 Å². The van der Waals surface area contributed by atoms with Crippen molar-refractivity contribution in [1.82, 2.24) is 0 Å². The molecule has 0 spiro atoms. The number of hydrogen-bond acceptors (Lipinski definition) is 0. The molecule has 0 N–H and O–H groups in total. The smallest absolute Gasteiger partial charge is 0.0655 e. The zero-order valence-electron chi connectivity index (χ0n) is 10.8. The molecule has 0 saturated heterocycles. The molecule has 0 aliphatic rings. The summed E-state index contributed by atoms with van der Waals surface area (Å²) in [6, 6.07) is 13.1. The molecule has 94 valence electrons. The highest BCUT2D eigenvalue weighted by atomic mass is 79.9. The van der Waals surface area contributed by atoms with Crippen molar-refractivity contribution in [1.29, 1.82) is 0 Å². The monoisotopic (exact) mass is 366 g/mol. The predicted molar refractivity (Wildman–Crippen MR) is 85.6 cm³/mol. The summed E-state index contributed by atoms with van der Waals surface area (Å²) in [5, 5.41) is 0. The summed E-state index contributed by atoms with van der Waals surface area (Å²) in [5.74, 6) is 0. The first-order valence-corrected chi connectivity index (χ1v) is 7.67. The quantitative estimate of drug-likeness (QED) is 0.583. The lowest BCUT2D eigenvalue weighted by Crippen LogP contribution is -1.96. The molecule has 18 heavy (non-hydrogen) atoms. The molecule has 0 saturated carbocycles. The fraction of sp³-hybridized carbons (Fsp3) is 0.250. The number of alkyl halides is 1. The van der Waals surface area contributed by atoms with Gasteiger partial charge in [-0.1, -0.05) is 67.8 Å². The molecule has 0 heterocycles. The first kappa shape index (κ1) is 13.8. The molecule has 1 unspecified atom stereocenters. The third-order valence-corrected chi connectivity index (χ3v) is 4.99. The Morgan fingerprint density at radius 3 is 2.28 bits per heavy atom. The van der Waals surface area contributed by atoms with Crippen LogP contribution in [0.15, 0.2) is 40.9 Å². The third kappa shape index (κ3) is 2.86. The van der Waals surface area contributed by atoms with Gasteiger partial charge in [0.05, 0.1) is 4.83 Å². The first-order chi connectivity index (χ1) is 8.49. The second-order valence-electron chi connectivity index (χ2n) is 4.73. The number of halogens is 2. The van der Waals surface area contributed by atoms with Gasteiger partial charge in [0.2, 0.25) is 0 Å². The summed E-state index contributed by atoms with van der Waals surface area (Å²) in [5.41, 5.74) is 6.52. The minimum absolute atomic E-state index is 0.228. The summed E-state index contributed by atoms with van der Waals surface area (Å²) in [6.07, 6.45) is 0. The van der Waals surface area contributed by atoms with E-state index in [0.29, 0.717) is 0 Å². The lowest BCUT2D eigenvalue weighted by Gasteiger charge is -2.15. The molecular formula is C16H16Br2. The van der Waals surface area contributed by atoms with Crippen LogP contribution < -0.4 is 0 Å². The molecule has 0 bridgehead atoms. The Hall–Kier alpha value is -0.600. The average molecular weight is 368 g/mol. The van der Waals surface area contributed by atoms with Gasteiger partial charge in [-0.25, -0.2) is 0 Å². The van der Waals surface area contributed by atoms with Crippen molar-refractivity contribution >= 4 is 31.9 Å². The standard InChI is InChI=1S/C16H16Br2/c1-10-4-7-15(17)14(8-10)16(18)13-6-5-11(2)12(3)9-13/h4-9,16H,1-3H3. The van der Waals surface area contributed by atoms with Gasteiger partial charge in [-0.2, -0.15) is 0 Å². The lowest BCUT2D eigenvalue weighted by atomic mass is 9.99. The fourth-order valence-electron chi connectivity index (χ4n) is 1.96. The van der Waals surface area contributed by atoms with E-state index in [1.54, 1.807) is 0 Å². The average Bonchev–Trinajstić information content (AvgIpc) is 2.35. The minimum Gasteiger partial charge on any atom is -0.0786 e. The van der Waals surface area contributed by atoms with Crippen LogP contribution in [0.5, 0.6) is 0 Å². The van der Waals surface area contributed by atoms with Gasteiger partial charge in [0.1, 0.15) is 0 Å². The number of aryl methyl sites for hydroxylation is 3. The molecule has 2 aromatic carbocycles. The lowest BCUT2D eigenvalue weighted by molar-refractivity contribution is 1.14. The van der Waals surface area contributed by atoms with Gasteiger partial charge >= 0.3 is 0 Å². The maximum Gasteiger partial charge on any atom is 0.0655 e. The van der Waals surface area contributed by atoms with E-state index in [2.05, 4.69) is 89.0 Å². The fourth-order valence-corrected chi connectivity index (χ4v) is 3.41. The Balaban J connectivity index is 2.44. The van der Waals surface area contributed by atoms with E-state index >= 15 is 0 Å². The molecule has 0 radical (unpaired) electrons. The van der Waals surface area contributed by atoms with Crippen LogP contribution >= 0.6 is 31.9 Å². The van der Waals surface area contributed by atoms with Gasteiger partial charge in [-0.3, -0.25) is 0 Å². The van der Waals surface area contributed by atoms with Gasteiger partial charge in [0.15, 0.2) is 0 Å². The Morgan fingerprint density at radius 2 is 1.61 bits per heavy atom. The van der Waals surface area contributed by atoms with Crippen LogP contribution in [0, 0.1) is 20.8 Å². The zero-order valence-corrected chi connectivity index (χ0v) is 14.0. The minimum atomic E-state index is 0.228. The van der Waals surface area contributed by atoms with Crippen LogP contribution in [-0.4, -0.2) is 0 Å². The van der Waals surface area contributed by atoms with E-state index in [0.717, 1.165) is 4.47 Å². The first-order valence-electron chi connectivity index (χ1n) is 5.96. The SMILES string of the molecule is Cc1ccc(Br)c(C(Br)c2ccc(C)c(C)c2)c1. The predicted octanol–water partition coefficient (Wildman–Crippen LogP) is 5.86. The number of rotatable bonds is 2. The second kappa shape index (κ2) is 5.58. The highest BCUT2D eigenvalue weighted by Crippen LogP contribution is 2.36. The van der Waals surface area contributed by atoms with Gasteiger partial charge < -0.3 is 0 Å². The van der Waals surface area contributed by atoms with Crippen LogP contribution in [0.4, 0.5) is 0 Å². The molecule has 2 aromatic rings. The Morgan fingerprint density at radius 1 is 0.889 bits per heavy atom. The Bertz CT molecular complexity index is 573. The molecule has 2 rings (SSSR count). The molecule has 1 atom stereocenters. The molecule has 0 aromatic heterocycles. The van der Waals surface area contributed by atoms with Gasteiger partial charge in [-0.05, 0) is 49.1 Å². The maximum absolute atomic E-state index is 3.81. The van der Waals surface area contributed by atoms with E-state index in [1.165, 1.54) is 27.8 Å². The van der Waals surface area contributed by atoms with E-state index in [9.17, 15) is 0 Å². The van der Waals surface area contributed by atoms with Crippen LogP contribution in [-0.2, 0) is 0 Å². The molecule has 0 aliphatic carbocycles. The molecule has 0 fully saturated rings. The number of benzene rings is 2. The Labute approximate surface area is 126 Å². The van der Waals surface area contributed by atoms with Crippen molar-refractivity contribution in [2.45, 2.75) is 25.6 Å². The van der Waals surface area contributed by atoms with Gasteiger partial charge in [0.25, 0.3) is 0 Å². The van der Waals surface area contributed by atoms with Crippen LogP contribution in [0.3, 0.4) is 0 Å². The molecular weight excluding hydrogens is 352 g/mol. The highest BCUT2D eigenvalue weighted by Gasteiger charge is 2.14. The molecule has 0 amide bonds. The molecule has 2 heteroatoms. The summed E-state index contributed by atoms with van der Waals surface area (Å²) in [4.78, 5) is 0.228. The maximum atomic E-state index is 3.81. The van der Waals surface area contributed by atoms with Gasteiger partial charge in [-0.15, -0.1) is 0 Å². The van der Waals surface area contributed by atoms with Crippen molar-refractivity contribution in [3.63, 3.8) is 0 Å². The normalized spacial score (nSPS) is 12.5. The summed E-state index contributed by atoms with van der Waals surface area (Å²) < 4.78 is 1.15. The van der Waals surface area contributed by atoms with Crippen molar-refractivity contribution in [3.05, 3.63) is 68.7 Å². The molecule has 0 nitrogen and oxygen atoms in total. The topological polar surface area (TPSA) is 0 Å². The highest BCUT2D eigenvalue weighted by molar-refractivity contribution is 9.11. The molecule has 0 aliphatic heterocycles. The van der Waals surface area contributed by atoms with E-state index in [1.807, 2.05) is 0 Å². The van der Waals surface area contributed by atoms with Crippen molar-refractivity contribution in [3.8, 4) is 0 Å². The van der Waals surface area contributed by atoms with Crippen LogP contribution in [0.25, 0.3) is 0 Å². The summed E-state index contributed by atoms with van der Waals surface area (Å²) in [6.45, 7) is 6.42. The van der Waals surface area contributed by atoms with Crippen molar-refractivity contribution in [2.75, 3.05) is 0 Å². The number of hydrogen-bond donors (Lipinski definition) is 0. The van der Waals surface area contributed by atoms with E-state index < -0.39 is 0 Å². The van der Waals surface area contributed by atoms with Crippen LogP contribution in [0.1, 0.15) is 32.6 Å². The largest absolute Gasteiger partial charge is 0.0786 e. The van der Waals surface area contributed by atoms with Crippen LogP contribution in [0.2, 0.25) is 0 Å². The van der Waals surface area contributed by atoms with Gasteiger partial charge in [0, 0.05) is 4.47 Å². The van der Waals surface area contributed by atoms with Crippen molar-refractivity contribution in [2.24, 2.45) is 0 Å². The second-order valence-corrected chi connectivity index (χ2v) is 6.50. The Kier molecular flexibility index (Phi) is 4.29. The van der Waals surface area contributed by atoms with Crippen molar-refractivity contribution < 1.29 is 0 Å². The summed E-state index contributed by atoms with van der Waals surface area (Å²) >= 11 is 7.44. The van der Waals surface area contributed by atoms with E-state index in [4.69, 9.17) is 0 Å². The summed E-state index contributed by atoms with van der Waals surface area (Å²) in [7, 11) is 0.